The number of ether oxygens (including phenoxy) is 3. The van der Waals surface area contributed by atoms with E-state index >= 15 is 0 Å². The van der Waals surface area contributed by atoms with Gasteiger partial charge in [0.25, 0.3) is 0 Å². The molecule has 0 amide bonds. The molecule has 0 saturated carbocycles. The van der Waals surface area contributed by atoms with Crippen molar-refractivity contribution in [2.45, 2.75) is 25.9 Å². The number of hydrogen-bond acceptors (Lipinski definition) is 6. The maximum atomic E-state index is 5.67. The normalized spacial score (nSPS) is 17.5. The van der Waals surface area contributed by atoms with Gasteiger partial charge >= 0.3 is 0 Å². The van der Waals surface area contributed by atoms with Crippen molar-refractivity contribution < 1.29 is 14.2 Å². The highest BCUT2D eigenvalue weighted by molar-refractivity contribution is 7.71. The van der Waals surface area contributed by atoms with E-state index < -0.39 is 0 Å². The minimum absolute atomic E-state index is 0.0649. The fourth-order valence-electron chi connectivity index (χ4n) is 2.57. The lowest BCUT2D eigenvalue weighted by Crippen LogP contribution is -2.05. The van der Waals surface area contributed by atoms with Gasteiger partial charge in [0.2, 0.25) is 4.77 Å². The Balaban J connectivity index is 1.87. The van der Waals surface area contributed by atoms with Crippen LogP contribution in [-0.2, 0) is 4.74 Å². The number of aromatic amines is 1. The zero-order valence-corrected chi connectivity index (χ0v) is 14.5. The summed E-state index contributed by atoms with van der Waals surface area (Å²) in [6.07, 6.45) is 3.59. The lowest BCUT2D eigenvalue weighted by molar-refractivity contribution is 0.102. The van der Waals surface area contributed by atoms with E-state index in [1.54, 1.807) is 18.0 Å². The molecule has 8 heteroatoms. The fraction of sp³-hybridized carbons (Fsp3) is 0.438. The van der Waals surface area contributed by atoms with Crippen molar-refractivity contribution in [1.29, 1.82) is 0 Å². The van der Waals surface area contributed by atoms with Gasteiger partial charge in [0.05, 0.1) is 19.9 Å². The van der Waals surface area contributed by atoms with Crippen molar-refractivity contribution in [3.05, 3.63) is 34.4 Å². The third kappa shape index (κ3) is 3.49. The summed E-state index contributed by atoms with van der Waals surface area (Å²) in [4.78, 5) is 0. The van der Waals surface area contributed by atoms with Crippen LogP contribution < -0.4 is 9.47 Å². The van der Waals surface area contributed by atoms with Gasteiger partial charge < -0.3 is 14.2 Å². The molecule has 1 aromatic heterocycles. The van der Waals surface area contributed by atoms with E-state index in [1.165, 1.54) is 0 Å². The zero-order chi connectivity index (χ0) is 16.9. The first-order valence-electron chi connectivity index (χ1n) is 7.87. The van der Waals surface area contributed by atoms with Crippen molar-refractivity contribution in [1.82, 2.24) is 14.9 Å². The maximum absolute atomic E-state index is 5.67. The Kier molecular flexibility index (Phi) is 5.27. The van der Waals surface area contributed by atoms with E-state index in [4.69, 9.17) is 26.4 Å². The second-order valence-corrected chi connectivity index (χ2v) is 5.68. The first-order valence-corrected chi connectivity index (χ1v) is 8.28. The number of hydrogen-bond donors (Lipinski definition) is 1. The number of benzene rings is 1. The molecule has 0 aliphatic carbocycles. The third-order valence-electron chi connectivity index (χ3n) is 3.70. The van der Waals surface area contributed by atoms with Crippen LogP contribution in [0.25, 0.3) is 0 Å². The van der Waals surface area contributed by atoms with Gasteiger partial charge in [0.15, 0.2) is 17.3 Å². The summed E-state index contributed by atoms with van der Waals surface area (Å²) in [5.74, 6) is 2.07. The lowest BCUT2D eigenvalue weighted by atomic mass is 10.2. The molecule has 2 heterocycles. The Morgan fingerprint density at radius 3 is 3.08 bits per heavy atom. The number of nitrogens with one attached hydrogen (secondary N) is 1. The zero-order valence-electron chi connectivity index (χ0n) is 13.7. The molecule has 128 valence electrons. The van der Waals surface area contributed by atoms with E-state index in [1.807, 2.05) is 25.1 Å². The molecule has 1 aromatic carbocycles. The molecule has 1 fully saturated rings. The summed E-state index contributed by atoms with van der Waals surface area (Å²) in [6.45, 7) is 3.23. The number of rotatable bonds is 6. The van der Waals surface area contributed by atoms with Crippen molar-refractivity contribution in [3.8, 4) is 11.5 Å². The molecule has 1 aliphatic rings. The van der Waals surface area contributed by atoms with E-state index in [9.17, 15) is 0 Å². The van der Waals surface area contributed by atoms with Gasteiger partial charge in [-0.05, 0) is 55.7 Å². The Hall–Kier alpha value is -2.19. The summed E-state index contributed by atoms with van der Waals surface area (Å²) >= 11 is 5.26. The van der Waals surface area contributed by atoms with Gasteiger partial charge in [-0.15, -0.1) is 0 Å². The van der Waals surface area contributed by atoms with Gasteiger partial charge in [-0.2, -0.15) is 14.9 Å². The van der Waals surface area contributed by atoms with Crippen LogP contribution in [0.4, 0.5) is 0 Å². The SMILES string of the molecule is CCOc1cc(/C=N\n2c([C@@H]3CCCO3)n[nH]c2=S)ccc1OC. The molecule has 1 N–H and O–H groups in total. The first kappa shape index (κ1) is 16.7. The predicted octanol–water partition coefficient (Wildman–Crippen LogP) is 3.08. The van der Waals surface area contributed by atoms with Crippen LogP contribution in [0, 0.1) is 4.77 Å². The number of nitrogens with zero attached hydrogens (tertiary/aromatic N) is 3. The average molecular weight is 348 g/mol. The molecule has 0 spiro atoms. The Labute approximate surface area is 145 Å². The minimum Gasteiger partial charge on any atom is -0.493 e. The first-order chi connectivity index (χ1) is 11.7. The lowest BCUT2D eigenvalue weighted by Gasteiger charge is -2.10. The molecule has 0 bridgehead atoms. The van der Waals surface area contributed by atoms with Gasteiger partial charge in [-0.3, -0.25) is 5.10 Å². The average Bonchev–Trinajstić information content (AvgIpc) is 3.23. The summed E-state index contributed by atoms with van der Waals surface area (Å²) in [5.41, 5.74) is 0.876. The number of methoxy groups -OCH3 is 1. The van der Waals surface area contributed by atoms with Crippen LogP contribution in [0.1, 0.15) is 37.3 Å². The third-order valence-corrected chi connectivity index (χ3v) is 3.97. The largest absolute Gasteiger partial charge is 0.493 e. The quantitative estimate of drug-likeness (QED) is 0.641. The highest BCUT2D eigenvalue weighted by Crippen LogP contribution is 2.28. The number of aromatic nitrogens is 3. The molecular formula is C16H20N4O3S. The molecule has 24 heavy (non-hydrogen) atoms. The summed E-state index contributed by atoms with van der Waals surface area (Å²) in [5, 5.41) is 11.5. The fourth-order valence-corrected chi connectivity index (χ4v) is 2.76. The number of H-pyrrole nitrogens is 1. The van der Waals surface area contributed by atoms with Crippen molar-refractivity contribution in [2.75, 3.05) is 20.3 Å². The topological polar surface area (TPSA) is 73.7 Å². The van der Waals surface area contributed by atoms with E-state index in [2.05, 4.69) is 15.3 Å². The van der Waals surface area contributed by atoms with E-state index in [-0.39, 0.29) is 6.10 Å². The van der Waals surface area contributed by atoms with Crippen molar-refractivity contribution in [2.24, 2.45) is 5.10 Å². The molecule has 2 aromatic rings. The standard InChI is InChI=1S/C16H20N4O3S/c1-3-22-14-9-11(6-7-12(14)21-2)10-17-20-15(18-19-16(20)24)13-5-4-8-23-13/h6-7,9-10,13H,3-5,8H2,1-2H3,(H,19,24)/b17-10-/t13-/m0/s1. The molecule has 3 rings (SSSR count). The van der Waals surface area contributed by atoms with Crippen LogP contribution >= 0.6 is 12.2 Å². The van der Waals surface area contributed by atoms with Crippen LogP contribution in [0.2, 0.25) is 0 Å². The Morgan fingerprint density at radius 1 is 1.50 bits per heavy atom. The molecule has 1 saturated heterocycles. The van der Waals surface area contributed by atoms with Gasteiger partial charge in [-0.1, -0.05) is 0 Å². The van der Waals surface area contributed by atoms with Crippen LogP contribution in [-0.4, -0.2) is 41.4 Å². The van der Waals surface area contributed by atoms with Crippen LogP contribution in [0.15, 0.2) is 23.3 Å². The molecule has 7 nitrogen and oxygen atoms in total. The molecule has 1 atom stereocenters. The van der Waals surface area contributed by atoms with Crippen molar-refractivity contribution >= 4 is 18.4 Å². The predicted molar refractivity (Wildman–Crippen MR) is 92.5 cm³/mol. The van der Waals surface area contributed by atoms with Crippen LogP contribution in [0.5, 0.6) is 11.5 Å². The van der Waals surface area contributed by atoms with E-state index in [0.717, 1.165) is 25.0 Å². The Morgan fingerprint density at radius 2 is 2.38 bits per heavy atom. The molecule has 0 unspecified atom stereocenters. The van der Waals surface area contributed by atoms with Gasteiger partial charge in [0.1, 0.15) is 6.10 Å². The Bertz CT molecular complexity index is 778. The monoisotopic (exact) mass is 348 g/mol. The highest BCUT2D eigenvalue weighted by atomic mass is 32.1. The van der Waals surface area contributed by atoms with Crippen molar-refractivity contribution in [3.63, 3.8) is 0 Å². The second kappa shape index (κ2) is 7.59. The van der Waals surface area contributed by atoms with Crippen LogP contribution in [0.3, 0.4) is 0 Å². The summed E-state index contributed by atoms with van der Waals surface area (Å²) in [7, 11) is 1.62. The molecule has 0 radical (unpaired) electrons. The maximum Gasteiger partial charge on any atom is 0.216 e. The second-order valence-electron chi connectivity index (χ2n) is 5.29. The minimum atomic E-state index is -0.0649. The van der Waals surface area contributed by atoms with Gasteiger partial charge in [0, 0.05) is 6.61 Å². The molecular weight excluding hydrogens is 328 g/mol. The smallest absolute Gasteiger partial charge is 0.216 e. The highest BCUT2D eigenvalue weighted by Gasteiger charge is 2.23. The summed E-state index contributed by atoms with van der Waals surface area (Å²) in [6, 6.07) is 5.63. The van der Waals surface area contributed by atoms with Gasteiger partial charge in [-0.25, -0.2) is 0 Å². The van der Waals surface area contributed by atoms with E-state index in [0.29, 0.717) is 28.7 Å². The molecule has 1 aliphatic heterocycles. The summed E-state index contributed by atoms with van der Waals surface area (Å²) < 4.78 is 18.6.